The van der Waals surface area contributed by atoms with Crippen LogP contribution < -0.4 is 11.1 Å². The molecule has 3 N–H and O–H groups in total. The Bertz CT molecular complexity index is 598. The number of halogens is 2. The molecule has 0 saturated heterocycles. The van der Waals surface area contributed by atoms with E-state index in [4.69, 9.17) is 5.73 Å². The maximum absolute atomic E-state index is 11.8. The van der Waals surface area contributed by atoms with Gasteiger partial charge in [-0.05, 0) is 45.0 Å². The van der Waals surface area contributed by atoms with Crippen LogP contribution in [0.1, 0.15) is 28.2 Å². The summed E-state index contributed by atoms with van der Waals surface area (Å²) in [5.41, 5.74) is 7.86. The van der Waals surface area contributed by atoms with E-state index >= 15 is 0 Å². The summed E-state index contributed by atoms with van der Waals surface area (Å²) >= 11 is 0. The molecule has 1 amide bonds. The standard InChI is InChI=1S/C14H19N5O.2ClH/c1-10-8-11(2)19(18-10)13-5-4-12(9-17-13)14(20)16-7-3-6-15;;/h4-5,8-9H,3,6-7,15H2,1-2H3,(H,16,20);2*1H. The molecule has 0 fully saturated rings. The molecule has 2 heterocycles. The Kier molecular flexibility index (Phi) is 8.70. The van der Waals surface area contributed by atoms with Gasteiger partial charge in [-0.15, -0.1) is 24.8 Å². The molecule has 0 aliphatic carbocycles. The molecule has 0 radical (unpaired) electrons. The Morgan fingerprint density at radius 2 is 2.05 bits per heavy atom. The van der Waals surface area contributed by atoms with Crippen LogP contribution in [0.5, 0.6) is 0 Å². The minimum Gasteiger partial charge on any atom is -0.352 e. The van der Waals surface area contributed by atoms with Gasteiger partial charge in [0.2, 0.25) is 0 Å². The molecule has 0 bridgehead atoms. The van der Waals surface area contributed by atoms with Crippen molar-refractivity contribution >= 4 is 30.7 Å². The van der Waals surface area contributed by atoms with Gasteiger partial charge in [-0.3, -0.25) is 4.79 Å². The number of aromatic nitrogens is 3. The number of carbonyl (C=O) groups is 1. The minimum atomic E-state index is -0.133. The molecule has 0 atom stereocenters. The summed E-state index contributed by atoms with van der Waals surface area (Å²) in [6.07, 6.45) is 2.33. The SMILES string of the molecule is Cc1cc(C)n(-c2ccc(C(=O)NCCCN)cn2)n1.Cl.Cl. The second-order valence-corrected chi connectivity index (χ2v) is 4.64. The molecule has 0 aliphatic heterocycles. The van der Waals surface area contributed by atoms with Gasteiger partial charge in [-0.1, -0.05) is 0 Å². The van der Waals surface area contributed by atoms with Crippen molar-refractivity contribution in [3.63, 3.8) is 0 Å². The predicted molar refractivity (Wildman–Crippen MR) is 91.3 cm³/mol. The summed E-state index contributed by atoms with van der Waals surface area (Å²) in [7, 11) is 0. The normalized spacial score (nSPS) is 9.59. The van der Waals surface area contributed by atoms with Crippen LogP contribution in [-0.2, 0) is 0 Å². The van der Waals surface area contributed by atoms with E-state index in [0.717, 1.165) is 17.8 Å². The van der Waals surface area contributed by atoms with Crippen LogP contribution in [0.15, 0.2) is 24.4 Å². The second-order valence-electron chi connectivity index (χ2n) is 4.64. The van der Waals surface area contributed by atoms with Gasteiger partial charge in [0.05, 0.1) is 11.3 Å². The van der Waals surface area contributed by atoms with Crippen LogP contribution in [-0.4, -0.2) is 33.8 Å². The van der Waals surface area contributed by atoms with Gasteiger partial charge >= 0.3 is 0 Å². The lowest BCUT2D eigenvalue weighted by atomic mass is 10.2. The Hall–Kier alpha value is -1.63. The van der Waals surface area contributed by atoms with Crippen LogP contribution >= 0.6 is 24.8 Å². The van der Waals surface area contributed by atoms with Crippen LogP contribution in [0.2, 0.25) is 0 Å². The lowest BCUT2D eigenvalue weighted by Gasteiger charge is -2.06. The van der Waals surface area contributed by atoms with Crippen molar-refractivity contribution in [1.29, 1.82) is 0 Å². The fourth-order valence-electron chi connectivity index (χ4n) is 1.91. The lowest BCUT2D eigenvalue weighted by molar-refractivity contribution is 0.0953. The van der Waals surface area contributed by atoms with Crippen molar-refractivity contribution in [2.24, 2.45) is 5.73 Å². The van der Waals surface area contributed by atoms with Crippen molar-refractivity contribution in [3.8, 4) is 5.82 Å². The zero-order valence-corrected chi connectivity index (χ0v) is 14.2. The van der Waals surface area contributed by atoms with Gasteiger partial charge < -0.3 is 11.1 Å². The summed E-state index contributed by atoms with van der Waals surface area (Å²) in [6.45, 7) is 5.04. The van der Waals surface area contributed by atoms with E-state index in [9.17, 15) is 4.79 Å². The molecule has 0 aliphatic rings. The van der Waals surface area contributed by atoms with E-state index in [-0.39, 0.29) is 30.7 Å². The van der Waals surface area contributed by atoms with Gasteiger partial charge in [-0.2, -0.15) is 5.10 Å². The zero-order chi connectivity index (χ0) is 14.5. The molecule has 8 heteroatoms. The van der Waals surface area contributed by atoms with Crippen LogP contribution in [0.25, 0.3) is 5.82 Å². The van der Waals surface area contributed by atoms with E-state index in [2.05, 4.69) is 15.4 Å². The zero-order valence-electron chi connectivity index (χ0n) is 12.6. The van der Waals surface area contributed by atoms with Gasteiger partial charge in [-0.25, -0.2) is 9.67 Å². The molecule has 122 valence electrons. The number of rotatable bonds is 5. The van der Waals surface area contributed by atoms with Crippen LogP contribution in [0.3, 0.4) is 0 Å². The largest absolute Gasteiger partial charge is 0.352 e. The highest BCUT2D eigenvalue weighted by molar-refractivity contribution is 5.93. The Labute approximate surface area is 142 Å². The molecular weight excluding hydrogens is 325 g/mol. The third-order valence-corrected chi connectivity index (χ3v) is 2.90. The lowest BCUT2D eigenvalue weighted by Crippen LogP contribution is -2.26. The van der Waals surface area contributed by atoms with Crippen molar-refractivity contribution < 1.29 is 4.79 Å². The molecule has 0 spiro atoms. The smallest absolute Gasteiger partial charge is 0.252 e. The average molecular weight is 346 g/mol. The van der Waals surface area contributed by atoms with Crippen molar-refractivity contribution in [3.05, 3.63) is 41.3 Å². The summed E-state index contributed by atoms with van der Waals surface area (Å²) < 4.78 is 1.76. The third-order valence-electron chi connectivity index (χ3n) is 2.90. The molecule has 22 heavy (non-hydrogen) atoms. The minimum absolute atomic E-state index is 0. The molecular formula is C14H21Cl2N5O. The fraction of sp³-hybridized carbons (Fsp3) is 0.357. The highest BCUT2D eigenvalue weighted by Gasteiger charge is 2.08. The van der Waals surface area contributed by atoms with Gasteiger partial charge in [0.25, 0.3) is 5.91 Å². The first-order chi connectivity index (χ1) is 9.61. The first-order valence-electron chi connectivity index (χ1n) is 6.60. The monoisotopic (exact) mass is 345 g/mol. The number of hydrogen-bond acceptors (Lipinski definition) is 4. The van der Waals surface area contributed by atoms with E-state index in [1.807, 2.05) is 19.9 Å². The maximum atomic E-state index is 11.8. The Balaban J connectivity index is 0.00000220. The first-order valence-corrected chi connectivity index (χ1v) is 6.60. The van der Waals surface area contributed by atoms with E-state index < -0.39 is 0 Å². The number of amides is 1. The number of hydrogen-bond donors (Lipinski definition) is 2. The van der Waals surface area contributed by atoms with Crippen molar-refractivity contribution in [1.82, 2.24) is 20.1 Å². The number of aryl methyl sites for hydroxylation is 2. The van der Waals surface area contributed by atoms with Gasteiger partial charge in [0, 0.05) is 18.4 Å². The quantitative estimate of drug-likeness (QED) is 0.809. The third kappa shape index (κ3) is 4.98. The van der Waals surface area contributed by atoms with E-state index in [1.54, 1.807) is 23.0 Å². The average Bonchev–Trinajstić information content (AvgIpc) is 2.78. The van der Waals surface area contributed by atoms with E-state index in [1.165, 1.54) is 0 Å². The van der Waals surface area contributed by atoms with Crippen LogP contribution in [0, 0.1) is 13.8 Å². The molecule has 0 saturated carbocycles. The summed E-state index contributed by atoms with van der Waals surface area (Å²) in [6, 6.07) is 5.52. The molecule has 2 aromatic rings. The summed E-state index contributed by atoms with van der Waals surface area (Å²) in [4.78, 5) is 16.1. The Morgan fingerprint density at radius 3 is 2.55 bits per heavy atom. The molecule has 2 rings (SSSR count). The van der Waals surface area contributed by atoms with Gasteiger partial charge in [0.15, 0.2) is 5.82 Å². The summed E-state index contributed by atoms with van der Waals surface area (Å²) in [5.74, 6) is 0.569. The molecule has 0 unspecified atom stereocenters. The second kappa shape index (κ2) is 9.40. The Morgan fingerprint density at radius 1 is 1.32 bits per heavy atom. The maximum Gasteiger partial charge on any atom is 0.252 e. The number of nitrogens with two attached hydrogens (primary N) is 1. The van der Waals surface area contributed by atoms with Gasteiger partial charge in [0.1, 0.15) is 0 Å². The highest BCUT2D eigenvalue weighted by Crippen LogP contribution is 2.10. The molecule has 2 aromatic heterocycles. The number of nitrogens with zero attached hydrogens (tertiary/aromatic N) is 3. The molecule has 6 nitrogen and oxygen atoms in total. The first kappa shape index (κ1) is 20.4. The topological polar surface area (TPSA) is 85.8 Å². The number of pyridine rings is 1. The predicted octanol–water partition coefficient (Wildman–Crippen LogP) is 1.81. The fourth-order valence-corrected chi connectivity index (χ4v) is 1.91. The highest BCUT2D eigenvalue weighted by atomic mass is 35.5. The summed E-state index contributed by atoms with van der Waals surface area (Å²) in [5, 5.41) is 7.15. The van der Waals surface area contributed by atoms with E-state index in [0.29, 0.717) is 24.5 Å². The number of carbonyl (C=O) groups excluding carboxylic acids is 1. The molecule has 0 aromatic carbocycles. The van der Waals surface area contributed by atoms with Crippen LogP contribution in [0.4, 0.5) is 0 Å². The number of nitrogens with one attached hydrogen (secondary N) is 1. The van der Waals surface area contributed by atoms with Crippen molar-refractivity contribution in [2.45, 2.75) is 20.3 Å². The van der Waals surface area contributed by atoms with Crippen molar-refractivity contribution in [2.75, 3.05) is 13.1 Å².